The van der Waals surface area contributed by atoms with Gasteiger partial charge in [0.25, 0.3) is 5.91 Å². The first kappa shape index (κ1) is 13.8. The van der Waals surface area contributed by atoms with Crippen LogP contribution in [0.5, 0.6) is 0 Å². The summed E-state index contributed by atoms with van der Waals surface area (Å²) in [5.74, 6) is -1.31. The lowest BCUT2D eigenvalue weighted by molar-refractivity contribution is 0.0996. The molecule has 5 heteroatoms. The minimum Gasteiger partial charge on any atom is -0.365 e. The first-order valence-electron chi connectivity index (χ1n) is 6.63. The van der Waals surface area contributed by atoms with Crippen LogP contribution in [-0.4, -0.2) is 24.5 Å². The van der Waals surface area contributed by atoms with Crippen LogP contribution in [0.25, 0.3) is 0 Å². The number of rotatable bonds is 3. The second-order valence-corrected chi connectivity index (χ2v) is 5.07. The Hall–Kier alpha value is -1.62. The van der Waals surface area contributed by atoms with Gasteiger partial charge in [-0.05, 0) is 38.3 Å². The summed E-state index contributed by atoms with van der Waals surface area (Å²) in [5.41, 5.74) is 11.7. The number of carbonyl (C=O) groups excluding carboxylic acids is 1. The number of hydrogen-bond acceptors (Lipinski definition) is 3. The van der Waals surface area contributed by atoms with Gasteiger partial charge in [-0.25, -0.2) is 4.39 Å². The van der Waals surface area contributed by atoms with Gasteiger partial charge < -0.3 is 16.4 Å². The summed E-state index contributed by atoms with van der Waals surface area (Å²) < 4.78 is 13.9. The molecule has 1 amide bonds. The van der Waals surface area contributed by atoms with Crippen LogP contribution in [0, 0.1) is 5.82 Å². The Bertz CT molecular complexity index is 478. The number of nitrogens with zero attached hydrogens (tertiary/aromatic N) is 1. The molecule has 2 atom stereocenters. The number of hydrogen-bond donors (Lipinski definition) is 2. The highest BCUT2D eigenvalue weighted by molar-refractivity contribution is 5.99. The maximum Gasteiger partial charge on any atom is 0.253 e. The van der Waals surface area contributed by atoms with Gasteiger partial charge in [0.15, 0.2) is 0 Å². The van der Waals surface area contributed by atoms with Crippen molar-refractivity contribution >= 4 is 11.6 Å². The van der Waals surface area contributed by atoms with Crippen LogP contribution in [-0.2, 0) is 0 Å². The standard InChI is InChI=1S/C14H20FN3O/c1-9-4-2-5-10(8-16)18(9)12-7-3-6-11(15)13(12)14(17)19/h3,6-7,9-10H,2,4-5,8,16H2,1H3,(H2,17,19). The van der Waals surface area contributed by atoms with Crippen molar-refractivity contribution < 1.29 is 9.18 Å². The zero-order chi connectivity index (χ0) is 14.0. The summed E-state index contributed by atoms with van der Waals surface area (Å²) in [5, 5.41) is 0. The lowest BCUT2D eigenvalue weighted by Crippen LogP contribution is -2.49. The van der Waals surface area contributed by atoms with E-state index in [1.807, 2.05) is 4.90 Å². The molecule has 2 unspecified atom stereocenters. The average Bonchev–Trinajstić information content (AvgIpc) is 2.37. The number of halogens is 1. The van der Waals surface area contributed by atoms with E-state index < -0.39 is 11.7 Å². The highest BCUT2D eigenvalue weighted by atomic mass is 19.1. The molecule has 1 fully saturated rings. The van der Waals surface area contributed by atoms with Gasteiger partial charge in [-0.3, -0.25) is 4.79 Å². The number of primary amides is 1. The molecule has 1 aromatic carbocycles. The Morgan fingerprint density at radius 3 is 2.84 bits per heavy atom. The third-order valence-corrected chi connectivity index (χ3v) is 3.82. The van der Waals surface area contributed by atoms with Crippen molar-refractivity contribution in [2.24, 2.45) is 11.5 Å². The molecule has 0 bridgehead atoms. The quantitative estimate of drug-likeness (QED) is 0.872. The van der Waals surface area contributed by atoms with Gasteiger partial charge in [0.1, 0.15) is 5.82 Å². The van der Waals surface area contributed by atoms with Crippen LogP contribution in [0.15, 0.2) is 18.2 Å². The maximum absolute atomic E-state index is 13.9. The molecule has 4 N–H and O–H groups in total. The molecular formula is C14H20FN3O. The van der Waals surface area contributed by atoms with Gasteiger partial charge in [-0.2, -0.15) is 0 Å². The van der Waals surface area contributed by atoms with Gasteiger partial charge in [0.05, 0.1) is 11.3 Å². The van der Waals surface area contributed by atoms with Crippen molar-refractivity contribution in [1.29, 1.82) is 0 Å². The lowest BCUT2D eigenvalue weighted by Gasteiger charge is -2.42. The summed E-state index contributed by atoms with van der Waals surface area (Å²) in [6.07, 6.45) is 3.06. The Labute approximate surface area is 112 Å². The fourth-order valence-corrected chi connectivity index (χ4v) is 2.92. The van der Waals surface area contributed by atoms with Crippen LogP contribution in [0.2, 0.25) is 0 Å². The minimum atomic E-state index is -0.735. The summed E-state index contributed by atoms with van der Waals surface area (Å²) in [6.45, 7) is 2.55. The smallest absolute Gasteiger partial charge is 0.253 e. The van der Waals surface area contributed by atoms with Crippen LogP contribution in [0.3, 0.4) is 0 Å². The van der Waals surface area contributed by atoms with E-state index in [0.717, 1.165) is 19.3 Å². The van der Waals surface area contributed by atoms with E-state index >= 15 is 0 Å². The largest absolute Gasteiger partial charge is 0.365 e. The first-order chi connectivity index (χ1) is 9.06. The molecule has 2 rings (SSSR count). The van der Waals surface area contributed by atoms with E-state index in [2.05, 4.69) is 6.92 Å². The zero-order valence-corrected chi connectivity index (χ0v) is 11.1. The summed E-state index contributed by atoms with van der Waals surface area (Å²) in [6, 6.07) is 4.96. The van der Waals surface area contributed by atoms with Gasteiger partial charge in [-0.1, -0.05) is 6.07 Å². The molecule has 104 valence electrons. The number of nitrogens with two attached hydrogens (primary N) is 2. The Morgan fingerprint density at radius 2 is 2.21 bits per heavy atom. The van der Waals surface area contributed by atoms with Crippen LogP contribution >= 0.6 is 0 Å². The van der Waals surface area contributed by atoms with Crippen molar-refractivity contribution in [3.05, 3.63) is 29.6 Å². The normalized spacial score (nSPS) is 23.4. The molecule has 1 aliphatic rings. The van der Waals surface area contributed by atoms with Crippen LogP contribution in [0.4, 0.5) is 10.1 Å². The van der Waals surface area contributed by atoms with Crippen molar-refractivity contribution in [1.82, 2.24) is 0 Å². The minimum absolute atomic E-state index is 0.0327. The van der Waals surface area contributed by atoms with Crippen LogP contribution < -0.4 is 16.4 Å². The molecule has 1 heterocycles. The molecule has 1 saturated heterocycles. The van der Waals surface area contributed by atoms with E-state index in [-0.39, 0.29) is 17.6 Å². The first-order valence-corrected chi connectivity index (χ1v) is 6.63. The molecule has 1 aromatic rings. The Balaban J connectivity index is 2.49. The van der Waals surface area contributed by atoms with Crippen LogP contribution in [0.1, 0.15) is 36.5 Å². The van der Waals surface area contributed by atoms with Gasteiger partial charge in [-0.15, -0.1) is 0 Å². The van der Waals surface area contributed by atoms with E-state index in [1.54, 1.807) is 12.1 Å². The maximum atomic E-state index is 13.9. The fraction of sp³-hybridized carbons (Fsp3) is 0.500. The van der Waals surface area contributed by atoms with Gasteiger partial charge in [0, 0.05) is 18.6 Å². The molecule has 1 aliphatic heterocycles. The second kappa shape index (κ2) is 5.57. The van der Waals surface area contributed by atoms with E-state index in [9.17, 15) is 9.18 Å². The molecule has 19 heavy (non-hydrogen) atoms. The molecular weight excluding hydrogens is 245 g/mol. The second-order valence-electron chi connectivity index (χ2n) is 5.07. The van der Waals surface area contributed by atoms with Crippen molar-refractivity contribution in [3.8, 4) is 0 Å². The predicted molar refractivity (Wildman–Crippen MR) is 73.6 cm³/mol. The fourth-order valence-electron chi connectivity index (χ4n) is 2.92. The van der Waals surface area contributed by atoms with Gasteiger partial charge in [0.2, 0.25) is 0 Å². The number of anilines is 1. The summed E-state index contributed by atoms with van der Waals surface area (Å²) >= 11 is 0. The molecule has 4 nitrogen and oxygen atoms in total. The number of amides is 1. The molecule has 0 radical (unpaired) electrons. The van der Waals surface area contributed by atoms with Crippen molar-refractivity contribution in [2.75, 3.05) is 11.4 Å². The number of benzene rings is 1. The molecule has 0 aromatic heterocycles. The molecule has 0 spiro atoms. The third kappa shape index (κ3) is 2.56. The monoisotopic (exact) mass is 265 g/mol. The van der Waals surface area contributed by atoms with E-state index in [1.165, 1.54) is 6.07 Å². The highest BCUT2D eigenvalue weighted by Crippen LogP contribution is 2.32. The van der Waals surface area contributed by atoms with Crippen molar-refractivity contribution in [2.45, 2.75) is 38.3 Å². The van der Waals surface area contributed by atoms with Crippen molar-refractivity contribution in [3.63, 3.8) is 0 Å². The van der Waals surface area contributed by atoms with E-state index in [0.29, 0.717) is 12.2 Å². The Morgan fingerprint density at radius 1 is 1.47 bits per heavy atom. The number of piperidine rings is 1. The number of carbonyl (C=O) groups is 1. The highest BCUT2D eigenvalue weighted by Gasteiger charge is 2.30. The topological polar surface area (TPSA) is 72.3 Å². The average molecular weight is 265 g/mol. The lowest BCUT2D eigenvalue weighted by atomic mass is 9.94. The van der Waals surface area contributed by atoms with Gasteiger partial charge >= 0.3 is 0 Å². The summed E-state index contributed by atoms with van der Waals surface area (Å²) in [7, 11) is 0. The molecule has 0 saturated carbocycles. The SMILES string of the molecule is CC1CCCC(CN)N1c1cccc(F)c1C(N)=O. The van der Waals surface area contributed by atoms with E-state index in [4.69, 9.17) is 11.5 Å². The molecule has 0 aliphatic carbocycles. The summed E-state index contributed by atoms with van der Waals surface area (Å²) in [4.78, 5) is 13.6. The predicted octanol–water partition coefficient (Wildman–Crippen LogP) is 1.63. The zero-order valence-electron chi connectivity index (χ0n) is 11.1. The third-order valence-electron chi connectivity index (χ3n) is 3.82. The Kier molecular flexibility index (Phi) is 4.04.